The van der Waals surface area contributed by atoms with Crippen molar-refractivity contribution in [3.05, 3.63) is 53.8 Å². The van der Waals surface area contributed by atoms with E-state index >= 15 is 0 Å². The Morgan fingerprint density at radius 1 is 1.04 bits per heavy atom. The molecule has 0 aliphatic heterocycles. The molecule has 0 fully saturated rings. The molecule has 3 aromatic heterocycles. The highest BCUT2D eigenvalue weighted by atomic mass is 32.1. The summed E-state index contributed by atoms with van der Waals surface area (Å²) >= 11 is 1.44. The van der Waals surface area contributed by atoms with Crippen LogP contribution in [0.3, 0.4) is 0 Å². The molecule has 0 atom stereocenters. The summed E-state index contributed by atoms with van der Waals surface area (Å²) in [6.07, 6.45) is 3.46. The summed E-state index contributed by atoms with van der Waals surface area (Å²) in [5, 5.41) is 13.7. The fourth-order valence-corrected chi connectivity index (χ4v) is 3.12. The Morgan fingerprint density at radius 3 is 2.64 bits per heavy atom. The van der Waals surface area contributed by atoms with Crippen LogP contribution in [0, 0.1) is 0 Å². The van der Waals surface area contributed by atoms with E-state index in [0.29, 0.717) is 24.8 Å². The normalized spacial score (nSPS) is 10.9. The van der Waals surface area contributed by atoms with Gasteiger partial charge in [-0.15, -0.1) is 10.2 Å². The molecule has 8 heteroatoms. The molecular formula is C17H15N5O2S. The molecule has 126 valence electrons. The topological polar surface area (TPSA) is 74.4 Å². The lowest BCUT2D eigenvalue weighted by molar-refractivity contribution is 0.268. The molecule has 7 nitrogen and oxygen atoms in total. The van der Waals surface area contributed by atoms with Crippen molar-refractivity contribution in [1.29, 1.82) is 0 Å². The molecule has 4 rings (SSSR count). The number of nitrogens with zero attached hydrogens (tertiary/aromatic N) is 5. The minimum absolute atomic E-state index is 0.338. The number of fused-ring (bicyclic) bond motifs is 1. The Balaban J connectivity index is 1.56. The maximum Gasteiger partial charge on any atom is 0.235 e. The number of hydrogen-bond donors (Lipinski definition) is 0. The highest BCUT2D eigenvalue weighted by molar-refractivity contribution is 7.16. The van der Waals surface area contributed by atoms with Gasteiger partial charge in [-0.3, -0.25) is 4.98 Å². The van der Waals surface area contributed by atoms with Gasteiger partial charge in [0.25, 0.3) is 0 Å². The van der Waals surface area contributed by atoms with Gasteiger partial charge in [0.15, 0.2) is 22.3 Å². The summed E-state index contributed by atoms with van der Waals surface area (Å²) in [4.78, 5) is 4.83. The third-order valence-corrected chi connectivity index (χ3v) is 4.32. The highest BCUT2D eigenvalue weighted by Gasteiger charge is 2.14. The van der Waals surface area contributed by atoms with Crippen LogP contribution in [0.2, 0.25) is 0 Å². The molecule has 0 spiro atoms. The van der Waals surface area contributed by atoms with Gasteiger partial charge >= 0.3 is 0 Å². The second-order valence-corrected chi connectivity index (χ2v) is 6.16. The quantitative estimate of drug-likeness (QED) is 0.530. The van der Waals surface area contributed by atoms with Crippen molar-refractivity contribution in [2.45, 2.75) is 13.5 Å². The van der Waals surface area contributed by atoms with Crippen LogP contribution >= 0.6 is 11.3 Å². The molecule has 0 amide bonds. The Hall–Kier alpha value is -3.00. The second-order valence-electron chi connectivity index (χ2n) is 5.12. The molecule has 0 N–H and O–H groups in total. The van der Waals surface area contributed by atoms with E-state index in [1.54, 1.807) is 16.9 Å². The van der Waals surface area contributed by atoms with Gasteiger partial charge in [0, 0.05) is 18.0 Å². The van der Waals surface area contributed by atoms with Gasteiger partial charge in [-0.2, -0.15) is 9.61 Å². The number of hydrogen-bond acceptors (Lipinski definition) is 7. The predicted octanol–water partition coefficient (Wildman–Crippen LogP) is 3.23. The molecule has 4 aromatic rings. The zero-order valence-corrected chi connectivity index (χ0v) is 14.3. The second kappa shape index (κ2) is 6.86. The van der Waals surface area contributed by atoms with Gasteiger partial charge in [-0.05, 0) is 31.2 Å². The molecule has 0 radical (unpaired) electrons. The molecule has 1 aromatic carbocycles. The monoisotopic (exact) mass is 353 g/mol. The standard InChI is InChI=1S/C17H15N5O2S/c1-2-23-13-7-3-4-8-14(13)24-11-15-21-22-16(19-20-17(22)25-15)12-6-5-9-18-10-12/h3-10H,2,11H2,1H3. The Morgan fingerprint density at radius 2 is 1.88 bits per heavy atom. The smallest absolute Gasteiger partial charge is 0.235 e. The van der Waals surface area contributed by atoms with Gasteiger partial charge < -0.3 is 9.47 Å². The fourth-order valence-electron chi connectivity index (χ4n) is 2.37. The summed E-state index contributed by atoms with van der Waals surface area (Å²) < 4.78 is 13.2. The predicted molar refractivity (Wildman–Crippen MR) is 93.8 cm³/mol. The highest BCUT2D eigenvalue weighted by Crippen LogP contribution is 2.28. The van der Waals surface area contributed by atoms with E-state index in [9.17, 15) is 0 Å². The van der Waals surface area contributed by atoms with Crippen molar-refractivity contribution in [2.75, 3.05) is 6.61 Å². The van der Waals surface area contributed by atoms with Crippen LogP contribution < -0.4 is 9.47 Å². The molecule has 0 aliphatic carbocycles. The lowest BCUT2D eigenvalue weighted by Crippen LogP contribution is -2.00. The maximum absolute atomic E-state index is 5.87. The van der Waals surface area contributed by atoms with Crippen LogP contribution in [-0.2, 0) is 6.61 Å². The SMILES string of the molecule is CCOc1ccccc1OCc1nn2c(-c3cccnc3)nnc2s1. The molecule has 3 heterocycles. The van der Waals surface area contributed by atoms with Crippen LogP contribution in [0.15, 0.2) is 48.8 Å². The summed E-state index contributed by atoms with van der Waals surface area (Å²) in [6, 6.07) is 11.4. The number of ether oxygens (including phenoxy) is 2. The van der Waals surface area contributed by atoms with Crippen molar-refractivity contribution >= 4 is 16.3 Å². The number of rotatable bonds is 6. The molecule has 0 unspecified atom stereocenters. The summed E-state index contributed by atoms with van der Waals surface area (Å²) in [6.45, 7) is 2.87. The minimum atomic E-state index is 0.338. The maximum atomic E-state index is 5.87. The van der Waals surface area contributed by atoms with Crippen molar-refractivity contribution < 1.29 is 9.47 Å². The van der Waals surface area contributed by atoms with E-state index in [-0.39, 0.29) is 0 Å². The first-order valence-corrected chi connectivity index (χ1v) is 8.63. The molecule has 0 bridgehead atoms. The molecular weight excluding hydrogens is 338 g/mol. The fraction of sp³-hybridized carbons (Fsp3) is 0.176. The molecule has 25 heavy (non-hydrogen) atoms. The van der Waals surface area contributed by atoms with E-state index in [2.05, 4.69) is 20.3 Å². The van der Waals surface area contributed by atoms with Gasteiger partial charge in [0.05, 0.1) is 6.61 Å². The molecule has 0 aliphatic rings. The van der Waals surface area contributed by atoms with E-state index < -0.39 is 0 Å². The third kappa shape index (κ3) is 3.16. The van der Waals surface area contributed by atoms with Crippen molar-refractivity contribution in [1.82, 2.24) is 24.8 Å². The van der Waals surface area contributed by atoms with Crippen LogP contribution in [0.25, 0.3) is 16.3 Å². The van der Waals surface area contributed by atoms with Crippen LogP contribution in [0.5, 0.6) is 11.5 Å². The summed E-state index contributed by atoms with van der Waals surface area (Å²) in [5.41, 5.74) is 0.870. The van der Waals surface area contributed by atoms with Gasteiger partial charge in [0.2, 0.25) is 4.96 Å². The van der Waals surface area contributed by atoms with Crippen LogP contribution in [0.1, 0.15) is 11.9 Å². The first kappa shape index (κ1) is 15.5. The van der Waals surface area contributed by atoms with Crippen molar-refractivity contribution in [2.24, 2.45) is 0 Å². The first-order chi connectivity index (χ1) is 12.3. The summed E-state index contributed by atoms with van der Waals surface area (Å²) in [5.74, 6) is 2.09. The zero-order valence-electron chi connectivity index (χ0n) is 13.5. The van der Waals surface area contributed by atoms with Gasteiger partial charge in [-0.25, -0.2) is 0 Å². The Kier molecular flexibility index (Phi) is 4.26. The Bertz CT molecular complexity index is 983. The average molecular weight is 353 g/mol. The van der Waals surface area contributed by atoms with Crippen LogP contribution in [-0.4, -0.2) is 31.4 Å². The van der Waals surface area contributed by atoms with Gasteiger partial charge in [-0.1, -0.05) is 23.5 Å². The lowest BCUT2D eigenvalue weighted by Gasteiger charge is -2.10. The van der Waals surface area contributed by atoms with E-state index in [0.717, 1.165) is 21.3 Å². The van der Waals surface area contributed by atoms with Crippen molar-refractivity contribution in [3.63, 3.8) is 0 Å². The number of pyridine rings is 1. The van der Waals surface area contributed by atoms with Gasteiger partial charge in [0.1, 0.15) is 6.61 Å². The minimum Gasteiger partial charge on any atom is -0.490 e. The third-order valence-electron chi connectivity index (χ3n) is 3.45. The van der Waals surface area contributed by atoms with Crippen LogP contribution in [0.4, 0.5) is 0 Å². The van der Waals surface area contributed by atoms with E-state index in [4.69, 9.17) is 9.47 Å². The summed E-state index contributed by atoms with van der Waals surface area (Å²) in [7, 11) is 0. The average Bonchev–Trinajstić information content (AvgIpc) is 3.22. The van der Waals surface area contributed by atoms with E-state index in [1.807, 2.05) is 43.3 Å². The molecule has 0 saturated carbocycles. The number of para-hydroxylation sites is 2. The zero-order chi connectivity index (χ0) is 17.1. The van der Waals surface area contributed by atoms with E-state index in [1.165, 1.54) is 11.3 Å². The lowest BCUT2D eigenvalue weighted by atomic mass is 10.3. The largest absolute Gasteiger partial charge is 0.490 e. The molecule has 0 saturated heterocycles. The van der Waals surface area contributed by atoms with Crippen molar-refractivity contribution in [3.8, 4) is 22.9 Å². The first-order valence-electron chi connectivity index (χ1n) is 7.81. The Labute approximate surface area is 147 Å². The number of aromatic nitrogens is 5. The number of benzene rings is 1.